The van der Waals surface area contributed by atoms with Gasteiger partial charge in [-0.05, 0) is 19.1 Å². The maximum Gasteiger partial charge on any atom is 0.0907 e. The Morgan fingerprint density at radius 2 is 1.33 bits per heavy atom. The van der Waals surface area contributed by atoms with Crippen LogP contribution in [0.4, 0.5) is 0 Å². The molecule has 1 aromatic rings. The molecule has 1 nitrogen and oxygen atoms in total. The molecule has 0 aromatic carbocycles. The fourth-order valence-corrected chi connectivity index (χ4v) is 1.53. The highest BCUT2D eigenvalue weighted by Gasteiger charge is 1.99. The average molecular weight is 265 g/mol. The summed E-state index contributed by atoms with van der Waals surface area (Å²) in [5.74, 6) is 0. The Balaban J connectivity index is -0.000000238. The molecule has 0 atom stereocenters. The minimum atomic E-state index is 0.942. The van der Waals surface area contributed by atoms with Gasteiger partial charge in [0.25, 0.3) is 0 Å². The van der Waals surface area contributed by atoms with Crippen LogP contribution in [0.2, 0.25) is 0 Å². The number of allylic oxidation sites excluding steroid dienone is 2. The van der Waals surface area contributed by atoms with Crippen molar-refractivity contribution in [3.8, 4) is 0 Å². The summed E-state index contributed by atoms with van der Waals surface area (Å²) in [7, 11) is 0. The standard InChI is InChI=1S/C8H9NS.C4H6.2C2H6/c1-4-7-8(5-2)10-6(3)9-7;1-3-4-2;2*1-2/h4-5H,1-2H2,3H3;3-4H,1-2H2;2*1-2H3. The van der Waals surface area contributed by atoms with Crippen LogP contribution in [0, 0.1) is 6.92 Å². The van der Waals surface area contributed by atoms with Gasteiger partial charge < -0.3 is 0 Å². The summed E-state index contributed by atoms with van der Waals surface area (Å²) in [4.78, 5) is 5.33. The molecule has 1 heterocycles. The lowest BCUT2D eigenvalue weighted by atomic mass is 10.3. The average Bonchev–Trinajstić information content (AvgIpc) is 2.83. The van der Waals surface area contributed by atoms with Gasteiger partial charge in [-0.15, -0.1) is 11.3 Å². The first-order valence-electron chi connectivity index (χ1n) is 6.15. The molecular weight excluding hydrogens is 238 g/mol. The zero-order valence-electron chi connectivity index (χ0n) is 12.5. The lowest BCUT2D eigenvalue weighted by Gasteiger charge is -1.83. The van der Waals surface area contributed by atoms with Gasteiger partial charge in [0.05, 0.1) is 15.6 Å². The third kappa shape index (κ3) is 11.1. The number of hydrogen-bond donors (Lipinski definition) is 0. The fourth-order valence-electron chi connectivity index (χ4n) is 0.751. The molecule has 0 fully saturated rings. The van der Waals surface area contributed by atoms with Crippen molar-refractivity contribution in [2.75, 3.05) is 0 Å². The molecule has 0 amide bonds. The molecule has 18 heavy (non-hydrogen) atoms. The van der Waals surface area contributed by atoms with Crippen LogP contribution in [0.25, 0.3) is 12.2 Å². The Bertz CT molecular complexity index is 303. The molecule has 0 N–H and O–H groups in total. The first-order chi connectivity index (χ1) is 8.69. The molecule has 0 spiro atoms. The van der Waals surface area contributed by atoms with Crippen molar-refractivity contribution in [3.63, 3.8) is 0 Å². The number of nitrogens with zero attached hydrogens (tertiary/aromatic N) is 1. The zero-order valence-corrected chi connectivity index (χ0v) is 13.3. The fraction of sp³-hybridized carbons (Fsp3) is 0.312. The largest absolute Gasteiger partial charge is 0.242 e. The summed E-state index contributed by atoms with van der Waals surface area (Å²) in [6.07, 6.45) is 6.84. The van der Waals surface area contributed by atoms with Gasteiger partial charge in [0.2, 0.25) is 0 Å². The minimum absolute atomic E-state index is 0.942. The van der Waals surface area contributed by atoms with Gasteiger partial charge >= 0.3 is 0 Å². The summed E-state index contributed by atoms with van der Waals surface area (Å²) in [5, 5.41) is 1.06. The lowest BCUT2D eigenvalue weighted by molar-refractivity contribution is 1.27. The van der Waals surface area contributed by atoms with Crippen LogP contribution in [0.15, 0.2) is 38.5 Å². The Labute approximate surface area is 117 Å². The number of aryl methyl sites for hydroxylation is 1. The molecular formula is C16H27NS. The van der Waals surface area contributed by atoms with E-state index < -0.39 is 0 Å². The van der Waals surface area contributed by atoms with E-state index in [0.29, 0.717) is 0 Å². The minimum Gasteiger partial charge on any atom is -0.242 e. The van der Waals surface area contributed by atoms with E-state index in [-0.39, 0.29) is 0 Å². The van der Waals surface area contributed by atoms with Gasteiger partial charge in [0, 0.05) is 0 Å². The second-order valence-electron chi connectivity index (χ2n) is 2.36. The van der Waals surface area contributed by atoms with Gasteiger partial charge in [-0.2, -0.15) is 0 Å². The summed E-state index contributed by atoms with van der Waals surface area (Å²) < 4.78 is 0. The van der Waals surface area contributed by atoms with Crippen molar-refractivity contribution in [2.24, 2.45) is 0 Å². The summed E-state index contributed by atoms with van der Waals surface area (Å²) >= 11 is 1.64. The molecule has 0 saturated carbocycles. The van der Waals surface area contributed by atoms with E-state index >= 15 is 0 Å². The monoisotopic (exact) mass is 265 g/mol. The van der Waals surface area contributed by atoms with Crippen molar-refractivity contribution in [2.45, 2.75) is 34.6 Å². The molecule has 0 unspecified atom stereocenters. The van der Waals surface area contributed by atoms with Crippen LogP contribution in [-0.4, -0.2) is 4.98 Å². The Morgan fingerprint density at radius 3 is 1.56 bits per heavy atom. The van der Waals surface area contributed by atoms with Gasteiger partial charge in [-0.3, -0.25) is 0 Å². The maximum absolute atomic E-state index is 4.23. The van der Waals surface area contributed by atoms with E-state index in [2.05, 4.69) is 31.3 Å². The first-order valence-corrected chi connectivity index (χ1v) is 6.97. The SMILES string of the molecule is C=CC=C.C=Cc1nc(C)sc1C=C.CC.CC. The molecule has 1 rings (SSSR count). The van der Waals surface area contributed by atoms with Crippen LogP contribution >= 0.6 is 11.3 Å². The molecule has 0 aliphatic heterocycles. The maximum atomic E-state index is 4.23. The molecule has 1 aromatic heterocycles. The van der Waals surface area contributed by atoms with E-state index in [1.807, 2.05) is 40.7 Å². The normalized spacial score (nSPS) is 6.94. The van der Waals surface area contributed by atoms with Gasteiger partial charge in [0.15, 0.2) is 0 Å². The molecule has 102 valence electrons. The van der Waals surface area contributed by atoms with Crippen LogP contribution in [0.5, 0.6) is 0 Å². The van der Waals surface area contributed by atoms with Crippen LogP contribution in [0.3, 0.4) is 0 Å². The predicted molar refractivity (Wildman–Crippen MR) is 90.1 cm³/mol. The topological polar surface area (TPSA) is 12.9 Å². The van der Waals surface area contributed by atoms with Crippen molar-refractivity contribution in [1.82, 2.24) is 4.98 Å². The van der Waals surface area contributed by atoms with Gasteiger partial charge in [-0.25, -0.2) is 4.98 Å². The molecule has 0 saturated heterocycles. The zero-order chi connectivity index (χ0) is 15.0. The Hall–Kier alpha value is -1.41. The van der Waals surface area contributed by atoms with Crippen molar-refractivity contribution in [3.05, 3.63) is 54.0 Å². The smallest absolute Gasteiger partial charge is 0.0907 e. The number of thiazole rings is 1. The molecule has 0 radical (unpaired) electrons. The van der Waals surface area contributed by atoms with E-state index in [1.165, 1.54) is 0 Å². The van der Waals surface area contributed by atoms with Crippen LogP contribution < -0.4 is 0 Å². The summed E-state index contributed by atoms with van der Waals surface area (Å²) in [6.45, 7) is 24.0. The molecule has 0 bridgehead atoms. The quantitative estimate of drug-likeness (QED) is 0.597. The van der Waals surface area contributed by atoms with E-state index in [9.17, 15) is 0 Å². The lowest BCUT2D eigenvalue weighted by Crippen LogP contribution is -1.72. The van der Waals surface area contributed by atoms with E-state index in [0.717, 1.165) is 15.6 Å². The number of rotatable bonds is 3. The first kappa shape index (κ1) is 21.8. The number of hydrogen-bond acceptors (Lipinski definition) is 2. The van der Waals surface area contributed by atoms with E-state index in [1.54, 1.807) is 29.6 Å². The van der Waals surface area contributed by atoms with Crippen molar-refractivity contribution < 1.29 is 0 Å². The highest BCUT2D eigenvalue weighted by molar-refractivity contribution is 7.12. The molecule has 0 aliphatic carbocycles. The summed E-state index contributed by atoms with van der Waals surface area (Å²) in [6, 6.07) is 0. The predicted octanol–water partition coefficient (Wildman–Crippen LogP) is 6.15. The third-order valence-corrected chi connectivity index (χ3v) is 2.32. The summed E-state index contributed by atoms with van der Waals surface area (Å²) in [5.41, 5.74) is 0.942. The number of aromatic nitrogens is 1. The van der Waals surface area contributed by atoms with Crippen LogP contribution in [-0.2, 0) is 0 Å². The Morgan fingerprint density at radius 1 is 0.889 bits per heavy atom. The van der Waals surface area contributed by atoms with Crippen LogP contribution in [0.1, 0.15) is 43.3 Å². The van der Waals surface area contributed by atoms with E-state index in [4.69, 9.17) is 0 Å². The third-order valence-electron chi connectivity index (χ3n) is 1.33. The van der Waals surface area contributed by atoms with Gasteiger partial charge in [0.1, 0.15) is 0 Å². The second kappa shape index (κ2) is 18.0. The molecule has 2 heteroatoms. The van der Waals surface area contributed by atoms with Crippen molar-refractivity contribution in [1.29, 1.82) is 0 Å². The molecule has 0 aliphatic rings. The van der Waals surface area contributed by atoms with Gasteiger partial charge in [-0.1, -0.05) is 66.2 Å². The Kier molecular flexibility index (Phi) is 21.8. The highest BCUT2D eigenvalue weighted by Crippen LogP contribution is 2.19. The highest BCUT2D eigenvalue weighted by atomic mass is 32.1. The van der Waals surface area contributed by atoms with Crippen molar-refractivity contribution >= 4 is 23.5 Å². The second-order valence-corrected chi connectivity index (χ2v) is 3.60.